The lowest BCUT2D eigenvalue weighted by molar-refractivity contribution is -0.137. The van der Waals surface area contributed by atoms with Crippen LogP contribution in [0.2, 0.25) is 0 Å². The van der Waals surface area contributed by atoms with Crippen LogP contribution in [-0.2, 0) is 6.18 Å². The smallest absolute Gasteiger partial charge is 0.339 e. The summed E-state index contributed by atoms with van der Waals surface area (Å²) in [5.41, 5.74) is -0.313. The first-order chi connectivity index (χ1) is 14.2. The Morgan fingerprint density at radius 1 is 0.933 bits per heavy atom. The monoisotopic (exact) mass is 423 g/mol. The van der Waals surface area contributed by atoms with Gasteiger partial charge in [0.05, 0.1) is 29.0 Å². The maximum absolute atomic E-state index is 13.7. The van der Waals surface area contributed by atoms with E-state index in [1.54, 1.807) is 0 Å². The topological polar surface area (TPSA) is 55.6 Å². The molecule has 1 N–H and O–H groups in total. The normalized spacial score (nSPS) is 12.0. The molecule has 4 rings (SSSR count). The van der Waals surface area contributed by atoms with E-state index in [2.05, 4.69) is 20.3 Å². The van der Waals surface area contributed by atoms with E-state index in [-0.39, 0.29) is 28.4 Å². The lowest BCUT2D eigenvalue weighted by atomic mass is 10.2. The molecule has 30 heavy (non-hydrogen) atoms. The SMILES string of the molecule is Fc1ccc2nc(C(F)F)n(-c3cncc(Nc4ccc(C(F)(F)F)cc4)n3)c2c1. The van der Waals surface area contributed by atoms with Crippen molar-refractivity contribution in [2.75, 3.05) is 5.32 Å². The molecule has 11 heteroatoms. The first-order valence-corrected chi connectivity index (χ1v) is 8.45. The molecule has 0 fully saturated rings. The van der Waals surface area contributed by atoms with Crippen LogP contribution in [0.4, 0.5) is 37.8 Å². The number of hydrogen-bond acceptors (Lipinski definition) is 4. The van der Waals surface area contributed by atoms with Gasteiger partial charge in [0, 0.05) is 11.8 Å². The van der Waals surface area contributed by atoms with Crippen molar-refractivity contribution in [1.29, 1.82) is 0 Å². The Kier molecular flexibility index (Phi) is 4.80. The number of imidazole rings is 1. The third-order valence-corrected chi connectivity index (χ3v) is 4.17. The summed E-state index contributed by atoms with van der Waals surface area (Å²) in [5, 5.41) is 2.76. The number of aromatic nitrogens is 4. The van der Waals surface area contributed by atoms with E-state index in [4.69, 9.17) is 0 Å². The lowest BCUT2D eigenvalue weighted by Crippen LogP contribution is -2.07. The van der Waals surface area contributed by atoms with E-state index in [1.807, 2.05) is 0 Å². The number of anilines is 2. The molecule has 4 aromatic rings. The summed E-state index contributed by atoms with van der Waals surface area (Å²) in [6.07, 6.45) is -4.98. The first-order valence-electron chi connectivity index (χ1n) is 8.45. The van der Waals surface area contributed by atoms with Crippen molar-refractivity contribution in [3.63, 3.8) is 0 Å². The summed E-state index contributed by atoms with van der Waals surface area (Å²) in [5.74, 6) is -1.26. The molecule has 0 aliphatic heterocycles. The van der Waals surface area contributed by atoms with Crippen LogP contribution in [0, 0.1) is 5.82 Å². The number of rotatable bonds is 4. The Morgan fingerprint density at radius 2 is 1.67 bits per heavy atom. The van der Waals surface area contributed by atoms with Crippen LogP contribution in [0.5, 0.6) is 0 Å². The Labute approximate surface area is 165 Å². The van der Waals surface area contributed by atoms with Gasteiger partial charge < -0.3 is 5.32 Å². The van der Waals surface area contributed by atoms with Crippen molar-refractivity contribution in [3.8, 4) is 5.82 Å². The highest BCUT2D eigenvalue weighted by Crippen LogP contribution is 2.31. The third-order valence-electron chi connectivity index (χ3n) is 4.17. The van der Waals surface area contributed by atoms with Gasteiger partial charge in [0.2, 0.25) is 0 Å². The van der Waals surface area contributed by atoms with E-state index in [0.29, 0.717) is 0 Å². The fourth-order valence-corrected chi connectivity index (χ4v) is 2.87. The van der Waals surface area contributed by atoms with Gasteiger partial charge in [0.25, 0.3) is 6.43 Å². The van der Waals surface area contributed by atoms with Crippen molar-refractivity contribution < 1.29 is 26.3 Å². The molecule has 154 valence electrons. The Bertz CT molecular complexity index is 1200. The molecule has 0 amide bonds. The molecule has 0 bridgehead atoms. The number of benzene rings is 2. The largest absolute Gasteiger partial charge is 0.416 e. The van der Waals surface area contributed by atoms with Crippen LogP contribution in [-0.4, -0.2) is 19.5 Å². The molecule has 0 radical (unpaired) electrons. The van der Waals surface area contributed by atoms with E-state index in [1.165, 1.54) is 30.6 Å². The zero-order valence-electron chi connectivity index (χ0n) is 14.8. The lowest BCUT2D eigenvalue weighted by Gasteiger charge is -2.11. The molecule has 2 aromatic carbocycles. The predicted octanol–water partition coefficient (Wildman–Crippen LogP) is 5.65. The Morgan fingerprint density at radius 3 is 2.33 bits per heavy atom. The molecule has 0 aliphatic rings. The number of halogens is 6. The summed E-state index contributed by atoms with van der Waals surface area (Å²) in [7, 11) is 0. The Balaban J connectivity index is 1.72. The maximum atomic E-state index is 13.7. The predicted molar refractivity (Wildman–Crippen MR) is 96.3 cm³/mol. The third kappa shape index (κ3) is 3.78. The van der Waals surface area contributed by atoms with Gasteiger partial charge in [-0.15, -0.1) is 0 Å². The summed E-state index contributed by atoms with van der Waals surface area (Å²) >= 11 is 0. The Hall–Kier alpha value is -3.63. The second-order valence-electron chi connectivity index (χ2n) is 6.20. The molecular formula is C19H11F6N5. The standard InChI is InChI=1S/C19H11F6N5/c20-11-3-6-13-14(7-11)30(18(28-13)17(21)22)16-9-26-8-15(29-16)27-12-4-1-10(2-5-12)19(23,24)25/h1-9,17H,(H,27,29). The molecule has 0 saturated carbocycles. The van der Waals surface area contributed by atoms with Gasteiger partial charge in [-0.3, -0.25) is 9.55 Å². The van der Waals surface area contributed by atoms with Gasteiger partial charge in [-0.05, 0) is 36.4 Å². The summed E-state index contributed by atoms with van der Waals surface area (Å²) in [6.45, 7) is 0. The number of hydrogen-bond donors (Lipinski definition) is 1. The molecule has 0 spiro atoms. The summed E-state index contributed by atoms with van der Waals surface area (Å²) < 4.78 is 79.7. The number of fused-ring (bicyclic) bond motifs is 1. The van der Waals surface area contributed by atoms with Crippen LogP contribution in [0.3, 0.4) is 0 Å². The van der Waals surface area contributed by atoms with Gasteiger partial charge in [-0.2, -0.15) is 13.2 Å². The van der Waals surface area contributed by atoms with Gasteiger partial charge in [0.15, 0.2) is 17.5 Å². The van der Waals surface area contributed by atoms with Crippen LogP contribution < -0.4 is 5.32 Å². The minimum absolute atomic E-state index is 0.0599. The van der Waals surface area contributed by atoms with Gasteiger partial charge >= 0.3 is 6.18 Å². The molecule has 2 heterocycles. The van der Waals surface area contributed by atoms with Crippen LogP contribution in [0.15, 0.2) is 54.9 Å². The van der Waals surface area contributed by atoms with Crippen LogP contribution in [0.1, 0.15) is 17.8 Å². The van der Waals surface area contributed by atoms with Crippen molar-refractivity contribution in [3.05, 3.63) is 72.1 Å². The average molecular weight is 423 g/mol. The van der Waals surface area contributed by atoms with Crippen LogP contribution >= 0.6 is 0 Å². The van der Waals surface area contributed by atoms with Gasteiger partial charge in [-0.25, -0.2) is 23.1 Å². The zero-order valence-corrected chi connectivity index (χ0v) is 14.8. The van der Waals surface area contributed by atoms with E-state index in [0.717, 1.165) is 28.8 Å². The van der Waals surface area contributed by atoms with E-state index < -0.39 is 29.8 Å². The van der Waals surface area contributed by atoms with Gasteiger partial charge in [-0.1, -0.05) is 0 Å². The molecule has 0 atom stereocenters. The van der Waals surface area contributed by atoms with Crippen molar-refractivity contribution in [1.82, 2.24) is 19.5 Å². The molecule has 0 saturated heterocycles. The van der Waals surface area contributed by atoms with E-state index in [9.17, 15) is 26.3 Å². The molecule has 2 aromatic heterocycles. The summed E-state index contributed by atoms with van der Waals surface area (Å²) in [6, 6.07) is 7.59. The average Bonchev–Trinajstić information content (AvgIpc) is 3.07. The van der Waals surface area contributed by atoms with Gasteiger partial charge in [0.1, 0.15) is 5.82 Å². The zero-order chi connectivity index (χ0) is 21.5. The fraction of sp³-hybridized carbons (Fsp3) is 0.105. The molecular weight excluding hydrogens is 412 g/mol. The van der Waals surface area contributed by atoms with Crippen LogP contribution in [0.25, 0.3) is 16.9 Å². The molecule has 5 nitrogen and oxygen atoms in total. The van der Waals surface area contributed by atoms with E-state index >= 15 is 0 Å². The number of nitrogens with one attached hydrogen (secondary N) is 1. The van der Waals surface area contributed by atoms with Crippen molar-refractivity contribution in [2.24, 2.45) is 0 Å². The van der Waals surface area contributed by atoms with Crippen molar-refractivity contribution >= 4 is 22.5 Å². The minimum Gasteiger partial charge on any atom is -0.339 e. The molecule has 0 aliphatic carbocycles. The quantitative estimate of drug-likeness (QED) is 0.431. The number of nitrogens with zero attached hydrogens (tertiary/aromatic N) is 4. The molecule has 0 unspecified atom stereocenters. The second-order valence-corrected chi connectivity index (χ2v) is 6.20. The fourth-order valence-electron chi connectivity index (χ4n) is 2.87. The highest BCUT2D eigenvalue weighted by Gasteiger charge is 2.30. The second kappa shape index (κ2) is 7.32. The minimum atomic E-state index is -4.47. The highest BCUT2D eigenvalue weighted by atomic mass is 19.4. The first kappa shape index (κ1) is 19.7. The maximum Gasteiger partial charge on any atom is 0.416 e. The number of alkyl halides is 5. The highest BCUT2D eigenvalue weighted by molar-refractivity contribution is 5.78. The van der Waals surface area contributed by atoms with Crippen molar-refractivity contribution in [2.45, 2.75) is 12.6 Å². The summed E-state index contributed by atoms with van der Waals surface area (Å²) in [4.78, 5) is 11.9.